The van der Waals surface area contributed by atoms with Crippen molar-refractivity contribution in [2.24, 2.45) is 0 Å². The minimum absolute atomic E-state index is 0.00669. The van der Waals surface area contributed by atoms with Gasteiger partial charge in [-0.1, -0.05) is 0 Å². The maximum absolute atomic E-state index is 12.7. The fourth-order valence-electron chi connectivity index (χ4n) is 2.36. The molecule has 1 aliphatic heterocycles. The SMILES string of the molecule is CCn1cc(Br)cc1C(=O)N1CCSCC1CC(=O)O. The van der Waals surface area contributed by atoms with Crippen LogP contribution in [0.5, 0.6) is 0 Å². The molecule has 1 atom stereocenters. The van der Waals surface area contributed by atoms with Crippen molar-refractivity contribution < 1.29 is 14.7 Å². The molecule has 1 aliphatic rings. The summed E-state index contributed by atoms with van der Waals surface area (Å²) in [6.45, 7) is 3.29. The number of aryl methyl sites for hydroxylation is 1. The molecule has 1 fully saturated rings. The van der Waals surface area contributed by atoms with Crippen LogP contribution in [-0.2, 0) is 11.3 Å². The van der Waals surface area contributed by atoms with Gasteiger partial charge in [-0.15, -0.1) is 0 Å². The van der Waals surface area contributed by atoms with E-state index < -0.39 is 5.97 Å². The van der Waals surface area contributed by atoms with Gasteiger partial charge >= 0.3 is 5.97 Å². The Bertz CT molecular complexity index is 518. The van der Waals surface area contributed by atoms with Gasteiger partial charge in [0.1, 0.15) is 5.69 Å². The average Bonchev–Trinajstić information content (AvgIpc) is 2.79. The van der Waals surface area contributed by atoms with Gasteiger partial charge in [0.15, 0.2) is 0 Å². The molecule has 0 spiro atoms. The lowest BCUT2D eigenvalue weighted by molar-refractivity contribution is -0.138. The Morgan fingerprint density at radius 3 is 2.95 bits per heavy atom. The molecule has 5 nitrogen and oxygen atoms in total. The Labute approximate surface area is 130 Å². The standard InChI is InChI=1S/C13H17BrN2O3S/c1-2-15-7-9(14)5-11(15)13(19)16-3-4-20-8-10(16)6-12(17)18/h5,7,10H,2-4,6,8H2,1H3,(H,17,18). The molecule has 7 heteroatoms. The van der Waals surface area contributed by atoms with E-state index in [4.69, 9.17) is 5.11 Å². The van der Waals surface area contributed by atoms with E-state index in [9.17, 15) is 9.59 Å². The molecule has 1 aromatic rings. The van der Waals surface area contributed by atoms with E-state index in [1.54, 1.807) is 22.7 Å². The summed E-state index contributed by atoms with van der Waals surface area (Å²) in [5.74, 6) is 0.605. The number of halogens is 1. The number of amides is 1. The maximum Gasteiger partial charge on any atom is 0.305 e. The smallest absolute Gasteiger partial charge is 0.305 e. The Balaban J connectivity index is 2.22. The predicted molar refractivity (Wildman–Crippen MR) is 82.2 cm³/mol. The molecule has 1 amide bonds. The number of carbonyl (C=O) groups is 2. The van der Waals surface area contributed by atoms with Crippen LogP contribution in [0.1, 0.15) is 23.8 Å². The zero-order valence-electron chi connectivity index (χ0n) is 11.2. The van der Waals surface area contributed by atoms with Crippen molar-refractivity contribution >= 4 is 39.6 Å². The van der Waals surface area contributed by atoms with E-state index in [-0.39, 0.29) is 18.4 Å². The third-order valence-corrected chi connectivity index (χ3v) is 4.85. The van der Waals surface area contributed by atoms with Gasteiger partial charge in [0.2, 0.25) is 0 Å². The van der Waals surface area contributed by atoms with Crippen molar-refractivity contribution in [3.63, 3.8) is 0 Å². The third kappa shape index (κ3) is 3.38. The molecule has 2 rings (SSSR count). The molecule has 1 unspecified atom stereocenters. The van der Waals surface area contributed by atoms with E-state index in [1.807, 2.05) is 17.7 Å². The first-order chi connectivity index (χ1) is 9.52. The van der Waals surface area contributed by atoms with E-state index >= 15 is 0 Å². The highest BCUT2D eigenvalue weighted by Gasteiger charge is 2.30. The van der Waals surface area contributed by atoms with Crippen molar-refractivity contribution in [2.45, 2.75) is 25.9 Å². The fraction of sp³-hybridized carbons (Fsp3) is 0.538. The van der Waals surface area contributed by atoms with Gasteiger partial charge in [-0.2, -0.15) is 11.8 Å². The topological polar surface area (TPSA) is 62.5 Å². The number of aromatic nitrogens is 1. The monoisotopic (exact) mass is 360 g/mol. The molecule has 110 valence electrons. The number of aliphatic carboxylic acids is 1. The van der Waals surface area contributed by atoms with E-state index in [2.05, 4.69) is 15.9 Å². The van der Waals surface area contributed by atoms with Crippen LogP contribution in [0, 0.1) is 0 Å². The first kappa shape index (κ1) is 15.4. The zero-order chi connectivity index (χ0) is 14.7. The van der Waals surface area contributed by atoms with Crippen LogP contribution in [-0.4, -0.2) is 50.5 Å². The molecule has 0 aliphatic carbocycles. The normalized spacial score (nSPS) is 19.1. The second-order valence-corrected chi connectivity index (χ2v) is 6.72. The second kappa shape index (κ2) is 6.67. The highest BCUT2D eigenvalue weighted by molar-refractivity contribution is 9.10. The van der Waals surface area contributed by atoms with Gasteiger partial charge in [0, 0.05) is 35.3 Å². The summed E-state index contributed by atoms with van der Waals surface area (Å²) in [5, 5.41) is 8.98. The molecule has 0 saturated carbocycles. The van der Waals surface area contributed by atoms with E-state index in [1.165, 1.54) is 0 Å². The van der Waals surface area contributed by atoms with Crippen molar-refractivity contribution in [3.05, 3.63) is 22.4 Å². The van der Waals surface area contributed by atoms with Gasteiger partial charge < -0.3 is 14.6 Å². The van der Waals surface area contributed by atoms with Crippen LogP contribution in [0.3, 0.4) is 0 Å². The Hall–Kier alpha value is -0.950. The number of nitrogens with zero attached hydrogens (tertiary/aromatic N) is 2. The lowest BCUT2D eigenvalue weighted by atomic mass is 10.2. The number of carboxylic acid groups (broad SMARTS) is 1. The Morgan fingerprint density at radius 2 is 2.30 bits per heavy atom. The lowest BCUT2D eigenvalue weighted by Gasteiger charge is -2.34. The highest BCUT2D eigenvalue weighted by atomic mass is 79.9. The summed E-state index contributed by atoms with van der Waals surface area (Å²) >= 11 is 5.08. The van der Waals surface area contributed by atoms with Crippen molar-refractivity contribution in [3.8, 4) is 0 Å². The van der Waals surface area contributed by atoms with Crippen LogP contribution >= 0.6 is 27.7 Å². The van der Waals surface area contributed by atoms with Crippen LogP contribution in [0.2, 0.25) is 0 Å². The Morgan fingerprint density at radius 1 is 1.55 bits per heavy atom. The maximum atomic E-state index is 12.7. The Kier molecular flexibility index (Phi) is 5.15. The molecule has 0 aromatic carbocycles. The molecule has 0 bridgehead atoms. The number of rotatable bonds is 4. The van der Waals surface area contributed by atoms with Gasteiger partial charge in [0.05, 0.1) is 12.5 Å². The molecule has 1 saturated heterocycles. The molecule has 20 heavy (non-hydrogen) atoms. The first-order valence-corrected chi connectivity index (χ1v) is 8.44. The minimum atomic E-state index is -0.859. The highest BCUT2D eigenvalue weighted by Crippen LogP contribution is 2.23. The van der Waals surface area contributed by atoms with Gasteiger partial charge in [-0.3, -0.25) is 9.59 Å². The van der Waals surface area contributed by atoms with Gasteiger partial charge in [-0.25, -0.2) is 0 Å². The summed E-state index contributed by atoms with van der Waals surface area (Å²) in [7, 11) is 0. The van der Waals surface area contributed by atoms with Crippen LogP contribution in [0.15, 0.2) is 16.7 Å². The summed E-state index contributed by atoms with van der Waals surface area (Å²) in [6.07, 6.45) is 1.88. The van der Waals surface area contributed by atoms with Gasteiger partial charge in [-0.05, 0) is 28.9 Å². The number of carbonyl (C=O) groups excluding carboxylic acids is 1. The molecular weight excluding hydrogens is 344 g/mol. The molecule has 2 heterocycles. The number of hydrogen-bond acceptors (Lipinski definition) is 3. The largest absolute Gasteiger partial charge is 0.481 e. The van der Waals surface area contributed by atoms with Crippen LogP contribution in [0.25, 0.3) is 0 Å². The first-order valence-electron chi connectivity index (χ1n) is 6.49. The lowest BCUT2D eigenvalue weighted by Crippen LogP contribution is -2.47. The summed E-state index contributed by atoms with van der Waals surface area (Å²) < 4.78 is 2.75. The number of thioether (sulfide) groups is 1. The van der Waals surface area contributed by atoms with Crippen molar-refractivity contribution in [1.82, 2.24) is 9.47 Å². The predicted octanol–water partition coefficient (Wildman–Crippen LogP) is 2.30. The van der Waals surface area contributed by atoms with E-state index in [0.29, 0.717) is 24.5 Å². The number of carboxylic acids is 1. The molecule has 1 N–H and O–H groups in total. The van der Waals surface area contributed by atoms with Gasteiger partial charge in [0.25, 0.3) is 5.91 Å². The third-order valence-electron chi connectivity index (χ3n) is 3.32. The fourth-order valence-corrected chi connectivity index (χ4v) is 3.88. The summed E-state index contributed by atoms with van der Waals surface area (Å²) in [5.41, 5.74) is 0.613. The quantitative estimate of drug-likeness (QED) is 0.894. The minimum Gasteiger partial charge on any atom is -0.481 e. The summed E-state index contributed by atoms with van der Waals surface area (Å²) in [6, 6.07) is 1.57. The van der Waals surface area contributed by atoms with Crippen molar-refractivity contribution in [2.75, 3.05) is 18.1 Å². The van der Waals surface area contributed by atoms with Crippen molar-refractivity contribution in [1.29, 1.82) is 0 Å². The van der Waals surface area contributed by atoms with Crippen LogP contribution < -0.4 is 0 Å². The second-order valence-electron chi connectivity index (χ2n) is 4.65. The average molecular weight is 361 g/mol. The zero-order valence-corrected chi connectivity index (χ0v) is 13.6. The molecule has 0 radical (unpaired) electrons. The molecule has 1 aromatic heterocycles. The van der Waals surface area contributed by atoms with Crippen LogP contribution in [0.4, 0.5) is 0 Å². The molecular formula is C13H17BrN2O3S. The number of hydrogen-bond donors (Lipinski definition) is 1. The van der Waals surface area contributed by atoms with E-state index in [0.717, 1.165) is 10.2 Å². The summed E-state index contributed by atoms with van der Waals surface area (Å²) in [4.78, 5) is 25.3.